The van der Waals surface area contributed by atoms with Crippen LogP contribution in [0.5, 0.6) is 0 Å². The van der Waals surface area contributed by atoms with Crippen LogP contribution in [-0.2, 0) is 18.4 Å². The molecule has 0 radical (unpaired) electrons. The third-order valence-corrected chi connectivity index (χ3v) is 2.63. The maximum atomic E-state index is 11.6. The third kappa shape index (κ3) is 5.00. The second-order valence-corrected chi connectivity index (χ2v) is 5.66. The summed E-state index contributed by atoms with van der Waals surface area (Å²) in [6.45, 7) is 6.61. The zero-order valence-corrected chi connectivity index (χ0v) is 12.4. The van der Waals surface area contributed by atoms with Gasteiger partial charge in [-0.05, 0) is 20.8 Å². The summed E-state index contributed by atoms with van der Waals surface area (Å²) < 4.78 is 1.52. The molecule has 0 saturated heterocycles. The number of amides is 1. The van der Waals surface area contributed by atoms with Gasteiger partial charge in [0, 0.05) is 32.1 Å². The number of aryl methyl sites for hydroxylation is 1. The highest BCUT2D eigenvalue weighted by Gasteiger charge is 2.15. The first-order valence-electron chi connectivity index (χ1n) is 6.46. The summed E-state index contributed by atoms with van der Waals surface area (Å²) in [4.78, 5) is 22.6. The van der Waals surface area contributed by atoms with Gasteiger partial charge in [-0.2, -0.15) is 5.10 Å². The minimum atomic E-state index is -1.000. The summed E-state index contributed by atoms with van der Waals surface area (Å²) in [6, 6.07) is 0. The van der Waals surface area contributed by atoms with Gasteiger partial charge < -0.3 is 15.7 Å². The van der Waals surface area contributed by atoms with Crippen molar-refractivity contribution in [3.8, 4) is 0 Å². The lowest BCUT2D eigenvalue weighted by Gasteiger charge is -2.20. The molecule has 0 atom stereocenters. The van der Waals surface area contributed by atoms with Crippen molar-refractivity contribution in [3.63, 3.8) is 0 Å². The molecule has 1 amide bonds. The summed E-state index contributed by atoms with van der Waals surface area (Å²) in [5.41, 5.74) is 0.531. The Morgan fingerprint density at radius 3 is 2.60 bits per heavy atom. The maximum Gasteiger partial charge on any atom is 0.339 e. The monoisotopic (exact) mass is 282 g/mol. The van der Waals surface area contributed by atoms with E-state index in [-0.39, 0.29) is 17.0 Å². The molecule has 1 rings (SSSR count). The van der Waals surface area contributed by atoms with Crippen LogP contribution in [0.25, 0.3) is 0 Å². The minimum absolute atomic E-state index is 0.0338. The van der Waals surface area contributed by atoms with Gasteiger partial charge >= 0.3 is 5.97 Å². The largest absolute Gasteiger partial charge is 0.478 e. The minimum Gasteiger partial charge on any atom is -0.478 e. The van der Waals surface area contributed by atoms with Gasteiger partial charge in [0.25, 0.3) is 0 Å². The number of nitrogens with zero attached hydrogens (tertiary/aromatic N) is 2. The SMILES string of the molecule is Cn1ncc(C(=O)O)c1CNCCC(=O)NC(C)(C)C. The van der Waals surface area contributed by atoms with E-state index in [0.29, 0.717) is 25.2 Å². The summed E-state index contributed by atoms with van der Waals surface area (Å²) in [6.07, 6.45) is 1.67. The summed E-state index contributed by atoms with van der Waals surface area (Å²) >= 11 is 0. The Morgan fingerprint density at radius 2 is 2.05 bits per heavy atom. The van der Waals surface area contributed by atoms with E-state index >= 15 is 0 Å². The second kappa shape index (κ2) is 6.51. The molecule has 0 aromatic carbocycles. The van der Waals surface area contributed by atoms with Crippen molar-refractivity contribution in [2.24, 2.45) is 7.05 Å². The fourth-order valence-corrected chi connectivity index (χ4v) is 1.74. The zero-order chi connectivity index (χ0) is 15.3. The van der Waals surface area contributed by atoms with Crippen molar-refractivity contribution in [1.82, 2.24) is 20.4 Å². The van der Waals surface area contributed by atoms with E-state index in [1.165, 1.54) is 10.9 Å². The van der Waals surface area contributed by atoms with Crippen LogP contribution in [-0.4, -0.2) is 38.8 Å². The van der Waals surface area contributed by atoms with Crippen molar-refractivity contribution in [2.75, 3.05) is 6.54 Å². The number of hydrogen-bond acceptors (Lipinski definition) is 4. The van der Waals surface area contributed by atoms with Gasteiger partial charge in [0.05, 0.1) is 11.9 Å². The normalized spacial score (nSPS) is 11.4. The molecule has 0 unspecified atom stereocenters. The Bertz CT molecular complexity index is 488. The molecule has 1 aromatic rings. The Kier molecular flexibility index (Phi) is 5.26. The molecule has 0 aliphatic heterocycles. The third-order valence-electron chi connectivity index (χ3n) is 2.63. The van der Waals surface area contributed by atoms with Gasteiger partial charge in [0.1, 0.15) is 5.56 Å². The molecule has 0 aliphatic rings. The molecule has 0 spiro atoms. The van der Waals surface area contributed by atoms with Crippen LogP contribution in [0.2, 0.25) is 0 Å². The van der Waals surface area contributed by atoms with E-state index in [4.69, 9.17) is 5.11 Å². The van der Waals surface area contributed by atoms with Crippen LogP contribution in [0.3, 0.4) is 0 Å². The molecule has 1 aromatic heterocycles. The molecule has 3 N–H and O–H groups in total. The van der Waals surface area contributed by atoms with E-state index in [1.54, 1.807) is 7.05 Å². The molecule has 0 saturated carbocycles. The number of carboxylic acids is 1. The molecule has 20 heavy (non-hydrogen) atoms. The topological polar surface area (TPSA) is 96.2 Å². The van der Waals surface area contributed by atoms with Crippen molar-refractivity contribution >= 4 is 11.9 Å². The molecular weight excluding hydrogens is 260 g/mol. The Hall–Kier alpha value is -1.89. The van der Waals surface area contributed by atoms with E-state index < -0.39 is 5.97 Å². The van der Waals surface area contributed by atoms with Gasteiger partial charge in [-0.1, -0.05) is 0 Å². The van der Waals surface area contributed by atoms with E-state index in [9.17, 15) is 9.59 Å². The smallest absolute Gasteiger partial charge is 0.339 e. The lowest BCUT2D eigenvalue weighted by atomic mass is 10.1. The molecule has 1 heterocycles. The van der Waals surface area contributed by atoms with Crippen LogP contribution in [0, 0.1) is 0 Å². The van der Waals surface area contributed by atoms with Gasteiger partial charge in [-0.3, -0.25) is 9.48 Å². The number of carboxylic acid groups (broad SMARTS) is 1. The second-order valence-electron chi connectivity index (χ2n) is 5.66. The number of rotatable bonds is 6. The number of aromatic nitrogens is 2. The molecule has 7 heteroatoms. The summed E-state index contributed by atoms with van der Waals surface area (Å²) in [5, 5.41) is 18.8. The highest BCUT2D eigenvalue weighted by Crippen LogP contribution is 2.07. The highest BCUT2D eigenvalue weighted by molar-refractivity contribution is 5.88. The van der Waals surface area contributed by atoms with Crippen molar-refractivity contribution in [1.29, 1.82) is 0 Å². The van der Waals surface area contributed by atoms with Gasteiger partial charge in [0.2, 0.25) is 5.91 Å². The van der Waals surface area contributed by atoms with Crippen LogP contribution < -0.4 is 10.6 Å². The quantitative estimate of drug-likeness (QED) is 0.661. The van der Waals surface area contributed by atoms with Gasteiger partial charge in [0.15, 0.2) is 0 Å². The first-order chi connectivity index (χ1) is 9.20. The number of hydrogen-bond donors (Lipinski definition) is 3. The van der Waals surface area contributed by atoms with Crippen LogP contribution in [0.15, 0.2) is 6.20 Å². The van der Waals surface area contributed by atoms with Crippen molar-refractivity contribution in [2.45, 2.75) is 39.3 Å². The molecule has 0 aliphatic carbocycles. The number of carbonyl (C=O) groups is 2. The standard InChI is InChI=1S/C13H22N4O3/c1-13(2,3)16-11(18)5-6-14-8-10-9(12(19)20)7-15-17(10)4/h7,14H,5-6,8H2,1-4H3,(H,16,18)(H,19,20). The summed E-state index contributed by atoms with van der Waals surface area (Å²) in [7, 11) is 1.69. The fraction of sp³-hybridized carbons (Fsp3) is 0.615. The summed E-state index contributed by atoms with van der Waals surface area (Å²) in [5.74, 6) is -1.03. The molecule has 7 nitrogen and oxygen atoms in total. The Morgan fingerprint density at radius 1 is 1.40 bits per heavy atom. The van der Waals surface area contributed by atoms with Crippen molar-refractivity contribution < 1.29 is 14.7 Å². The molecule has 112 valence electrons. The average Bonchev–Trinajstić information content (AvgIpc) is 2.64. The first-order valence-corrected chi connectivity index (χ1v) is 6.46. The van der Waals surface area contributed by atoms with Crippen molar-refractivity contribution in [3.05, 3.63) is 17.5 Å². The van der Waals surface area contributed by atoms with Crippen LogP contribution >= 0.6 is 0 Å². The van der Waals surface area contributed by atoms with Crippen LogP contribution in [0.4, 0.5) is 0 Å². The van der Waals surface area contributed by atoms with E-state index in [1.807, 2.05) is 20.8 Å². The molecular formula is C13H22N4O3. The molecule has 0 fully saturated rings. The number of carbonyl (C=O) groups excluding carboxylic acids is 1. The fourth-order valence-electron chi connectivity index (χ4n) is 1.74. The zero-order valence-electron chi connectivity index (χ0n) is 12.4. The van der Waals surface area contributed by atoms with E-state index in [2.05, 4.69) is 15.7 Å². The number of aromatic carboxylic acids is 1. The highest BCUT2D eigenvalue weighted by atomic mass is 16.4. The number of nitrogens with one attached hydrogen (secondary N) is 2. The Balaban J connectivity index is 2.40. The maximum absolute atomic E-state index is 11.6. The average molecular weight is 282 g/mol. The van der Waals surface area contributed by atoms with Gasteiger partial charge in [-0.25, -0.2) is 4.79 Å². The van der Waals surface area contributed by atoms with Gasteiger partial charge in [-0.15, -0.1) is 0 Å². The predicted molar refractivity (Wildman–Crippen MR) is 74.4 cm³/mol. The first kappa shape index (κ1) is 16.2. The predicted octanol–water partition coefficient (Wildman–Crippen LogP) is 0.513. The van der Waals surface area contributed by atoms with Crippen LogP contribution in [0.1, 0.15) is 43.2 Å². The lowest BCUT2D eigenvalue weighted by Crippen LogP contribution is -2.41. The Labute approximate surface area is 118 Å². The lowest BCUT2D eigenvalue weighted by molar-refractivity contribution is -0.122. The van der Waals surface area contributed by atoms with E-state index in [0.717, 1.165) is 0 Å². The molecule has 0 bridgehead atoms.